The van der Waals surface area contributed by atoms with Gasteiger partial charge in [0.05, 0.1) is 5.41 Å². The van der Waals surface area contributed by atoms with E-state index in [1.165, 1.54) is 0 Å². The zero-order chi connectivity index (χ0) is 17.6. The number of fused-ring (bicyclic) bond motifs is 4. The molecule has 3 saturated heterocycles. The highest BCUT2D eigenvalue weighted by Gasteiger charge is 2.38. The van der Waals surface area contributed by atoms with Crippen LogP contribution in [0.25, 0.3) is 6.08 Å². The van der Waals surface area contributed by atoms with Gasteiger partial charge in [-0.2, -0.15) is 5.10 Å². The molecule has 0 saturated carbocycles. The number of aromatic amines is 1. The number of aromatic nitrogens is 2. The number of nitrogens with zero attached hydrogens (tertiary/aromatic N) is 2. The smallest absolute Gasteiger partial charge is 0.272 e. The van der Waals surface area contributed by atoms with Gasteiger partial charge in [0.25, 0.3) is 5.91 Å². The van der Waals surface area contributed by atoms with E-state index in [1.807, 2.05) is 19.1 Å². The highest BCUT2D eigenvalue weighted by atomic mass is 16.2. The first kappa shape index (κ1) is 16.3. The summed E-state index contributed by atoms with van der Waals surface area (Å²) in [5.41, 5.74) is 1.46. The molecule has 25 heavy (non-hydrogen) atoms. The second-order valence-corrected chi connectivity index (χ2v) is 7.69. The first-order valence-electron chi connectivity index (χ1n) is 9.02. The lowest BCUT2D eigenvalue weighted by atomic mass is 9.79. The van der Waals surface area contributed by atoms with Crippen molar-refractivity contribution in [2.75, 3.05) is 26.7 Å². The van der Waals surface area contributed by atoms with Crippen LogP contribution in [0.15, 0.2) is 6.08 Å². The van der Waals surface area contributed by atoms with Crippen LogP contribution in [-0.2, 0) is 11.2 Å². The van der Waals surface area contributed by atoms with Crippen LogP contribution in [-0.4, -0.2) is 59.6 Å². The van der Waals surface area contributed by atoms with Crippen molar-refractivity contribution in [3.8, 4) is 0 Å². The summed E-state index contributed by atoms with van der Waals surface area (Å²) < 4.78 is 0. The number of nitrogens with one attached hydrogen (secondary N) is 3. The van der Waals surface area contributed by atoms with Crippen LogP contribution in [0.1, 0.15) is 41.5 Å². The minimum Gasteiger partial charge on any atom is -0.358 e. The highest BCUT2D eigenvalue weighted by Crippen LogP contribution is 2.33. The van der Waals surface area contributed by atoms with E-state index in [0.29, 0.717) is 18.0 Å². The van der Waals surface area contributed by atoms with Crippen LogP contribution in [0.2, 0.25) is 0 Å². The van der Waals surface area contributed by atoms with Crippen molar-refractivity contribution in [3.63, 3.8) is 0 Å². The van der Waals surface area contributed by atoms with Crippen LogP contribution < -0.4 is 10.6 Å². The highest BCUT2D eigenvalue weighted by molar-refractivity contribution is 5.97. The number of carbonyl (C=O) groups is 2. The van der Waals surface area contributed by atoms with E-state index in [9.17, 15) is 9.59 Å². The average Bonchev–Trinajstić information content (AvgIpc) is 3.04. The molecule has 1 aliphatic carbocycles. The van der Waals surface area contributed by atoms with E-state index in [1.54, 1.807) is 7.05 Å². The molecule has 1 unspecified atom stereocenters. The Morgan fingerprint density at radius 2 is 2.12 bits per heavy atom. The summed E-state index contributed by atoms with van der Waals surface area (Å²) in [7, 11) is 1.64. The third-order valence-electron chi connectivity index (χ3n) is 5.98. The summed E-state index contributed by atoms with van der Waals surface area (Å²) >= 11 is 0. The van der Waals surface area contributed by atoms with Crippen molar-refractivity contribution in [1.82, 2.24) is 25.7 Å². The Bertz CT molecular complexity index is 732. The van der Waals surface area contributed by atoms with Gasteiger partial charge in [0.1, 0.15) is 0 Å². The van der Waals surface area contributed by atoms with Crippen molar-refractivity contribution in [3.05, 3.63) is 23.0 Å². The Balaban J connectivity index is 1.51. The standard InChI is InChI=1S/C18H25N5O2/c1-18(17(25)19-2)6-3-12-13(9-18)21-22-15(12)16(24)20-14-10-23-7-4-11(14)5-8-23/h3,6,11,14H,4-5,7-10H2,1-2H3,(H,19,25)(H,20,24)(H,21,22)/t14-,18?/m1/s1. The molecular formula is C18H25N5O2. The lowest BCUT2D eigenvalue weighted by molar-refractivity contribution is -0.127. The van der Waals surface area contributed by atoms with Crippen LogP contribution in [0.3, 0.4) is 0 Å². The molecule has 0 aromatic carbocycles. The van der Waals surface area contributed by atoms with Crippen molar-refractivity contribution in [2.24, 2.45) is 11.3 Å². The zero-order valence-electron chi connectivity index (χ0n) is 14.8. The average molecular weight is 343 g/mol. The summed E-state index contributed by atoms with van der Waals surface area (Å²) in [6.07, 6.45) is 6.55. The van der Waals surface area contributed by atoms with Crippen LogP contribution in [0.4, 0.5) is 0 Å². The van der Waals surface area contributed by atoms with E-state index in [-0.39, 0.29) is 17.9 Å². The molecule has 3 aliphatic heterocycles. The largest absolute Gasteiger partial charge is 0.358 e. The molecule has 2 bridgehead atoms. The summed E-state index contributed by atoms with van der Waals surface area (Å²) in [5, 5.41) is 13.1. The topological polar surface area (TPSA) is 90.1 Å². The second-order valence-electron chi connectivity index (χ2n) is 7.69. The third kappa shape index (κ3) is 2.76. The number of H-pyrrole nitrogens is 1. The number of hydrogen-bond acceptors (Lipinski definition) is 4. The van der Waals surface area contributed by atoms with Gasteiger partial charge in [0.15, 0.2) is 5.69 Å². The van der Waals surface area contributed by atoms with Crippen molar-refractivity contribution in [2.45, 2.75) is 32.2 Å². The van der Waals surface area contributed by atoms with E-state index in [2.05, 4.69) is 25.7 Å². The normalized spacial score (nSPS) is 33.0. The maximum Gasteiger partial charge on any atom is 0.272 e. The van der Waals surface area contributed by atoms with Crippen LogP contribution in [0.5, 0.6) is 0 Å². The van der Waals surface area contributed by atoms with E-state index in [4.69, 9.17) is 0 Å². The van der Waals surface area contributed by atoms with Crippen molar-refractivity contribution < 1.29 is 9.59 Å². The fourth-order valence-electron chi connectivity index (χ4n) is 4.37. The molecule has 2 amide bonds. The monoisotopic (exact) mass is 343 g/mol. The van der Waals surface area contributed by atoms with Gasteiger partial charge in [-0.3, -0.25) is 14.7 Å². The molecule has 4 aliphatic rings. The maximum atomic E-state index is 12.7. The summed E-state index contributed by atoms with van der Waals surface area (Å²) in [6.45, 7) is 5.12. The molecule has 0 radical (unpaired) electrons. The Morgan fingerprint density at radius 3 is 2.76 bits per heavy atom. The van der Waals surface area contributed by atoms with Gasteiger partial charge >= 0.3 is 0 Å². The van der Waals surface area contributed by atoms with Gasteiger partial charge < -0.3 is 15.5 Å². The Labute approximate surface area is 147 Å². The summed E-state index contributed by atoms with van der Waals surface area (Å²) in [6, 6.07) is 0.214. The molecule has 2 atom stereocenters. The number of carbonyl (C=O) groups excluding carboxylic acids is 2. The third-order valence-corrected chi connectivity index (χ3v) is 5.98. The number of hydrogen-bond donors (Lipinski definition) is 3. The maximum absolute atomic E-state index is 12.7. The van der Waals surface area contributed by atoms with Crippen molar-refractivity contribution in [1.29, 1.82) is 0 Å². The summed E-state index contributed by atoms with van der Waals surface area (Å²) in [5.74, 6) is 0.419. The number of piperidine rings is 3. The first-order chi connectivity index (χ1) is 12.0. The molecule has 3 fully saturated rings. The predicted molar refractivity (Wildman–Crippen MR) is 93.9 cm³/mol. The van der Waals surface area contributed by atoms with Gasteiger partial charge in [-0.15, -0.1) is 0 Å². The Kier molecular flexibility index (Phi) is 3.91. The number of amides is 2. The number of rotatable bonds is 3. The first-order valence-corrected chi connectivity index (χ1v) is 9.02. The molecule has 4 heterocycles. The second kappa shape index (κ2) is 5.98. The lowest BCUT2D eigenvalue weighted by Crippen LogP contribution is -2.57. The molecular weight excluding hydrogens is 318 g/mol. The Hall–Kier alpha value is -2.15. The van der Waals surface area contributed by atoms with Gasteiger partial charge in [-0.05, 0) is 38.8 Å². The molecule has 1 aromatic heterocycles. The van der Waals surface area contributed by atoms with E-state index < -0.39 is 5.41 Å². The van der Waals surface area contributed by atoms with E-state index in [0.717, 1.165) is 43.7 Å². The fraction of sp³-hybridized carbons (Fsp3) is 0.611. The molecule has 7 heteroatoms. The minimum absolute atomic E-state index is 0.0396. The quantitative estimate of drug-likeness (QED) is 0.748. The van der Waals surface area contributed by atoms with Gasteiger partial charge in [0.2, 0.25) is 5.91 Å². The Morgan fingerprint density at radius 1 is 1.36 bits per heavy atom. The molecule has 3 N–H and O–H groups in total. The van der Waals surface area contributed by atoms with Crippen molar-refractivity contribution >= 4 is 17.9 Å². The zero-order valence-corrected chi connectivity index (χ0v) is 14.8. The molecule has 5 rings (SSSR count). The molecule has 1 aromatic rings. The minimum atomic E-state index is -0.613. The summed E-state index contributed by atoms with van der Waals surface area (Å²) in [4.78, 5) is 27.3. The molecule has 134 valence electrons. The van der Waals surface area contributed by atoms with Gasteiger partial charge in [-0.25, -0.2) is 0 Å². The SMILES string of the molecule is CNC(=O)C1(C)C=Cc2c(C(=O)N[C@@H]3CN4CCC3CC4)n[nH]c2C1. The molecule has 7 nitrogen and oxygen atoms in total. The van der Waals surface area contributed by atoms with Crippen LogP contribution in [0, 0.1) is 11.3 Å². The lowest BCUT2D eigenvalue weighted by Gasteiger charge is -2.44. The van der Waals surface area contributed by atoms with E-state index >= 15 is 0 Å². The molecule has 0 spiro atoms. The fourth-order valence-corrected chi connectivity index (χ4v) is 4.37. The van der Waals surface area contributed by atoms with Crippen LogP contribution >= 0.6 is 0 Å². The van der Waals surface area contributed by atoms with Gasteiger partial charge in [0, 0.05) is 37.3 Å². The predicted octanol–water partition coefficient (Wildman–Crippen LogP) is 0.555. The van der Waals surface area contributed by atoms with Gasteiger partial charge in [-0.1, -0.05) is 12.2 Å².